The fourth-order valence-corrected chi connectivity index (χ4v) is 4.85. The molecular formula is C15H18N2O7S. The van der Waals surface area contributed by atoms with Crippen molar-refractivity contribution in [1.82, 2.24) is 5.32 Å². The first-order chi connectivity index (χ1) is 11.5. The van der Waals surface area contributed by atoms with E-state index < -0.39 is 38.8 Å². The first-order valence-electron chi connectivity index (χ1n) is 7.46. The van der Waals surface area contributed by atoms with Crippen LogP contribution < -0.4 is 5.32 Å². The number of rotatable bonds is 5. The molecule has 136 valence electrons. The van der Waals surface area contributed by atoms with Gasteiger partial charge in [-0.3, -0.25) is 14.9 Å². The van der Waals surface area contributed by atoms with Crippen molar-refractivity contribution in [2.45, 2.75) is 25.8 Å². The number of carbonyl (C=O) groups is 2. The lowest BCUT2D eigenvalue weighted by Gasteiger charge is -2.23. The summed E-state index contributed by atoms with van der Waals surface area (Å²) >= 11 is 0. The summed E-state index contributed by atoms with van der Waals surface area (Å²) in [5.74, 6) is -1.85. The monoisotopic (exact) mass is 370 g/mol. The summed E-state index contributed by atoms with van der Waals surface area (Å²) in [6, 6.07) is 4.21. The van der Waals surface area contributed by atoms with E-state index in [-0.39, 0.29) is 29.2 Å². The number of nitro groups is 1. The van der Waals surface area contributed by atoms with E-state index in [1.807, 2.05) is 0 Å². The van der Waals surface area contributed by atoms with Crippen molar-refractivity contribution in [2.24, 2.45) is 0 Å². The summed E-state index contributed by atoms with van der Waals surface area (Å²) in [5, 5.41) is 13.6. The molecule has 1 N–H and O–H groups in total. The van der Waals surface area contributed by atoms with Crippen LogP contribution in [0, 0.1) is 17.0 Å². The van der Waals surface area contributed by atoms with Crippen LogP contribution in [0.15, 0.2) is 18.2 Å². The first-order valence-corrected chi connectivity index (χ1v) is 9.28. The lowest BCUT2D eigenvalue weighted by molar-refractivity contribution is -0.385. The molecule has 1 aliphatic heterocycles. The number of ether oxygens (including phenoxy) is 1. The Labute approximate surface area is 144 Å². The van der Waals surface area contributed by atoms with Crippen molar-refractivity contribution >= 4 is 27.4 Å². The van der Waals surface area contributed by atoms with E-state index in [4.69, 9.17) is 4.74 Å². The van der Waals surface area contributed by atoms with Gasteiger partial charge >= 0.3 is 5.97 Å². The van der Waals surface area contributed by atoms with Gasteiger partial charge in [-0.1, -0.05) is 12.1 Å². The highest BCUT2D eigenvalue weighted by atomic mass is 32.2. The van der Waals surface area contributed by atoms with Crippen LogP contribution in [0.3, 0.4) is 0 Å². The van der Waals surface area contributed by atoms with Gasteiger partial charge in [-0.25, -0.2) is 13.2 Å². The molecule has 10 heteroatoms. The maximum Gasteiger partial charge on any atom is 0.345 e. The fourth-order valence-electron chi connectivity index (χ4n) is 2.76. The van der Waals surface area contributed by atoms with Gasteiger partial charge < -0.3 is 10.1 Å². The smallest absolute Gasteiger partial charge is 0.345 e. The van der Waals surface area contributed by atoms with Crippen molar-refractivity contribution in [2.75, 3.05) is 18.1 Å². The van der Waals surface area contributed by atoms with E-state index in [2.05, 4.69) is 5.32 Å². The summed E-state index contributed by atoms with van der Waals surface area (Å²) in [6.45, 7) is 2.44. The zero-order valence-electron chi connectivity index (χ0n) is 13.8. The Morgan fingerprint density at radius 1 is 1.40 bits per heavy atom. The molecule has 0 aliphatic carbocycles. The number of hydrogen-bond acceptors (Lipinski definition) is 7. The number of benzene rings is 1. The van der Waals surface area contributed by atoms with Gasteiger partial charge in [0, 0.05) is 5.56 Å². The number of sulfone groups is 1. The third-order valence-electron chi connectivity index (χ3n) is 3.92. The molecule has 1 fully saturated rings. The van der Waals surface area contributed by atoms with Gasteiger partial charge in [0.1, 0.15) is 5.56 Å². The molecule has 0 unspecified atom stereocenters. The average molecular weight is 370 g/mol. The Bertz CT molecular complexity index is 834. The fraction of sp³-hybridized carbons (Fsp3) is 0.467. The van der Waals surface area contributed by atoms with E-state index in [0.717, 1.165) is 0 Å². The molecule has 1 saturated heterocycles. The highest BCUT2D eigenvalue weighted by molar-refractivity contribution is 7.91. The number of esters is 1. The van der Waals surface area contributed by atoms with Crippen molar-refractivity contribution in [1.29, 1.82) is 0 Å². The zero-order valence-corrected chi connectivity index (χ0v) is 14.6. The van der Waals surface area contributed by atoms with E-state index in [0.29, 0.717) is 5.56 Å². The van der Waals surface area contributed by atoms with Crippen molar-refractivity contribution < 1.29 is 27.7 Å². The van der Waals surface area contributed by atoms with Gasteiger partial charge in [0.15, 0.2) is 16.4 Å². The average Bonchev–Trinajstić information content (AvgIpc) is 2.77. The number of nitrogens with one attached hydrogen (secondary N) is 1. The van der Waals surface area contributed by atoms with Crippen LogP contribution in [0.5, 0.6) is 0 Å². The topological polar surface area (TPSA) is 133 Å². The van der Waals surface area contributed by atoms with Gasteiger partial charge in [-0.05, 0) is 26.3 Å². The Kier molecular flexibility index (Phi) is 5.12. The maximum absolute atomic E-state index is 12.0. The van der Waals surface area contributed by atoms with Gasteiger partial charge in [0.25, 0.3) is 11.6 Å². The van der Waals surface area contributed by atoms with Crippen LogP contribution in [-0.2, 0) is 19.4 Å². The molecule has 1 amide bonds. The number of aryl methyl sites for hydroxylation is 1. The molecule has 0 radical (unpaired) electrons. The van der Waals surface area contributed by atoms with Crippen molar-refractivity contribution in [3.8, 4) is 0 Å². The molecule has 1 heterocycles. The minimum Gasteiger partial charge on any atom is -0.452 e. The number of amides is 1. The molecule has 0 bridgehead atoms. The van der Waals surface area contributed by atoms with Gasteiger partial charge in [-0.15, -0.1) is 0 Å². The van der Waals surface area contributed by atoms with Gasteiger partial charge in [0.2, 0.25) is 0 Å². The predicted octanol–water partition coefficient (Wildman–Crippen LogP) is 0.753. The Balaban J connectivity index is 2.00. The van der Waals surface area contributed by atoms with Crippen LogP contribution in [-0.4, -0.2) is 48.9 Å². The number of carbonyl (C=O) groups excluding carboxylic acids is 2. The summed E-state index contributed by atoms with van der Waals surface area (Å²) in [7, 11) is -3.19. The van der Waals surface area contributed by atoms with Crippen LogP contribution in [0.25, 0.3) is 0 Å². The van der Waals surface area contributed by atoms with Crippen LogP contribution in [0.2, 0.25) is 0 Å². The summed E-state index contributed by atoms with van der Waals surface area (Å²) in [5.41, 5.74) is -1.22. The molecule has 2 rings (SSSR count). The van der Waals surface area contributed by atoms with Crippen LogP contribution >= 0.6 is 0 Å². The Hall–Kier alpha value is -2.49. The molecular weight excluding hydrogens is 352 g/mol. The quantitative estimate of drug-likeness (QED) is 0.459. The number of nitro benzene ring substituents is 1. The highest BCUT2D eigenvalue weighted by Crippen LogP contribution is 2.24. The molecule has 1 aromatic rings. The first kappa shape index (κ1) is 18.8. The van der Waals surface area contributed by atoms with Crippen LogP contribution in [0.1, 0.15) is 29.3 Å². The van der Waals surface area contributed by atoms with E-state index >= 15 is 0 Å². The van der Waals surface area contributed by atoms with Crippen LogP contribution in [0.4, 0.5) is 5.69 Å². The van der Waals surface area contributed by atoms with Crippen molar-refractivity contribution in [3.63, 3.8) is 0 Å². The highest BCUT2D eigenvalue weighted by Gasteiger charge is 2.39. The summed E-state index contributed by atoms with van der Waals surface area (Å²) in [6.07, 6.45) is 0.276. The second kappa shape index (κ2) is 6.79. The second-order valence-electron chi connectivity index (χ2n) is 6.26. The van der Waals surface area contributed by atoms with Gasteiger partial charge in [0.05, 0.1) is 22.0 Å². The lowest BCUT2D eigenvalue weighted by atomic mass is 10.0. The Morgan fingerprint density at radius 2 is 2.08 bits per heavy atom. The predicted molar refractivity (Wildman–Crippen MR) is 87.9 cm³/mol. The standard InChI is InChI=1S/C15H18N2O7S/c1-10-4-3-5-11(13(10)17(20)21)14(19)24-8-12(18)16-15(2)6-7-25(22,23)9-15/h3-5H,6-9H2,1-2H3,(H,16,18)/t15-/m1/s1. The van der Waals surface area contributed by atoms with E-state index in [9.17, 15) is 28.1 Å². The summed E-state index contributed by atoms with van der Waals surface area (Å²) < 4.78 is 27.9. The second-order valence-corrected chi connectivity index (χ2v) is 8.44. The largest absolute Gasteiger partial charge is 0.452 e. The molecule has 0 spiro atoms. The molecule has 25 heavy (non-hydrogen) atoms. The van der Waals surface area contributed by atoms with Crippen molar-refractivity contribution in [3.05, 3.63) is 39.4 Å². The number of nitrogens with zero attached hydrogens (tertiary/aromatic N) is 1. The SMILES string of the molecule is Cc1cccc(C(=O)OCC(=O)N[C@]2(C)CCS(=O)(=O)C2)c1[N+](=O)[O-]. The molecule has 9 nitrogen and oxygen atoms in total. The lowest BCUT2D eigenvalue weighted by Crippen LogP contribution is -2.48. The van der Waals surface area contributed by atoms with E-state index in [1.54, 1.807) is 6.92 Å². The minimum absolute atomic E-state index is 0.0148. The molecule has 1 aromatic carbocycles. The molecule has 1 aliphatic rings. The summed E-state index contributed by atoms with van der Waals surface area (Å²) in [4.78, 5) is 34.4. The van der Waals surface area contributed by atoms with Gasteiger partial charge in [-0.2, -0.15) is 0 Å². The molecule has 1 atom stereocenters. The Morgan fingerprint density at radius 3 is 2.64 bits per heavy atom. The third kappa shape index (κ3) is 4.53. The normalized spacial score (nSPS) is 21.5. The molecule has 0 aromatic heterocycles. The third-order valence-corrected chi connectivity index (χ3v) is 5.82. The van der Waals surface area contributed by atoms with E-state index in [1.165, 1.54) is 25.1 Å². The minimum atomic E-state index is -3.19. The molecule has 0 saturated carbocycles. The zero-order chi connectivity index (χ0) is 18.8. The number of para-hydroxylation sites is 1. The number of hydrogen-bond donors (Lipinski definition) is 1. The maximum atomic E-state index is 12.0.